The number of carbonyl (C=O) groups is 2. The topological polar surface area (TPSA) is 75.6 Å². The van der Waals surface area contributed by atoms with Crippen LogP contribution in [0.2, 0.25) is 0 Å². The first-order chi connectivity index (χ1) is 9.98. The number of rotatable bonds is 5. The summed E-state index contributed by atoms with van der Waals surface area (Å²) in [6.45, 7) is 5.06. The molecule has 6 heteroatoms. The lowest BCUT2D eigenvalue weighted by Crippen LogP contribution is -2.46. The fourth-order valence-electron chi connectivity index (χ4n) is 2.55. The second-order valence-corrected chi connectivity index (χ2v) is 6.59. The van der Waals surface area contributed by atoms with E-state index >= 15 is 0 Å². The van der Waals surface area contributed by atoms with Crippen molar-refractivity contribution in [1.82, 2.24) is 5.32 Å². The molecule has 0 atom stereocenters. The molecule has 0 spiro atoms. The Kier molecular flexibility index (Phi) is 5.00. The fourth-order valence-corrected chi connectivity index (χ4v) is 3.58. The van der Waals surface area contributed by atoms with Crippen LogP contribution in [0.4, 0.5) is 0 Å². The summed E-state index contributed by atoms with van der Waals surface area (Å²) in [5.74, 6) is -1.04. The lowest BCUT2D eigenvalue weighted by Gasteiger charge is -2.33. The quantitative estimate of drug-likeness (QED) is 0.874. The summed E-state index contributed by atoms with van der Waals surface area (Å²) >= 11 is 1.48. The number of ether oxygens (including phenoxy) is 1. The van der Waals surface area contributed by atoms with Gasteiger partial charge in [0.25, 0.3) is 5.91 Å². The van der Waals surface area contributed by atoms with Crippen molar-refractivity contribution in [2.24, 2.45) is 5.41 Å². The molecule has 2 N–H and O–H groups in total. The summed E-state index contributed by atoms with van der Waals surface area (Å²) in [6, 6.07) is 1.87. The van der Waals surface area contributed by atoms with Crippen molar-refractivity contribution in [3.63, 3.8) is 0 Å². The average molecular weight is 311 g/mol. The number of aliphatic carboxylic acids is 1. The van der Waals surface area contributed by atoms with Crippen LogP contribution in [-0.2, 0) is 16.0 Å². The van der Waals surface area contributed by atoms with Crippen molar-refractivity contribution >= 4 is 23.2 Å². The second kappa shape index (κ2) is 6.58. The maximum absolute atomic E-state index is 12.2. The first-order valence-electron chi connectivity index (χ1n) is 7.17. The predicted octanol–water partition coefficient (Wildman–Crippen LogP) is 2.23. The smallest absolute Gasteiger partial charge is 0.311 e. The number of carboxylic acids is 1. The molecule has 1 aromatic rings. The lowest BCUT2D eigenvalue weighted by molar-refractivity contribution is -0.154. The number of hydrogen-bond acceptors (Lipinski definition) is 4. The molecule has 1 fully saturated rings. The van der Waals surface area contributed by atoms with Crippen LogP contribution in [0.25, 0.3) is 0 Å². The summed E-state index contributed by atoms with van der Waals surface area (Å²) in [4.78, 5) is 25.6. The number of amides is 1. The van der Waals surface area contributed by atoms with E-state index in [0.717, 1.165) is 12.0 Å². The Bertz CT molecular complexity index is 532. The molecule has 21 heavy (non-hydrogen) atoms. The zero-order valence-corrected chi connectivity index (χ0v) is 13.2. The number of thiophene rings is 1. The number of aryl methyl sites for hydroxylation is 2. The Labute approximate surface area is 128 Å². The van der Waals surface area contributed by atoms with E-state index in [0.29, 0.717) is 30.9 Å². The Balaban J connectivity index is 2.03. The monoisotopic (exact) mass is 311 g/mol. The lowest BCUT2D eigenvalue weighted by atomic mass is 9.80. The summed E-state index contributed by atoms with van der Waals surface area (Å²) in [5.41, 5.74) is 0.222. The molecule has 1 aromatic heterocycles. The van der Waals surface area contributed by atoms with Crippen LogP contribution in [0.15, 0.2) is 6.07 Å². The maximum atomic E-state index is 12.2. The molecule has 0 aromatic carbocycles. The summed E-state index contributed by atoms with van der Waals surface area (Å²) in [6.07, 6.45) is 1.78. The van der Waals surface area contributed by atoms with Crippen molar-refractivity contribution in [2.45, 2.75) is 33.1 Å². The average Bonchev–Trinajstić information content (AvgIpc) is 2.86. The van der Waals surface area contributed by atoms with Gasteiger partial charge in [0.1, 0.15) is 0 Å². The molecule has 5 nitrogen and oxygen atoms in total. The molecule has 1 amide bonds. The molecule has 0 aliphatic carbocycles. The number of carboxylic acid groups (broad SMARTS) is 1. The number of hydrogen-bond donors (Lipinski definition) is 2. The zero-order chi connectivity index (χ0) is 15.5. The van der Waals surface area contributed by atoms with Crippen LogP contribution >= 0.6 is 11.3 Å². The maximum Gasteiger partial charge on any atom is 0.311 e. The van der Waals surface area contributed by atoms with Gasteiger partial charge in [0.15, 0.2) is 0 Å². The highest BCUT2D eigenvalue weighted by Crippen LogP contribution is 2.30. The molecule has 116 valence electrons. The van der Waals surface area contributed by atoms with Crippen LogP contribution in [0.1, 0.15) is 39.9 Å². The van der Waals surface area contributed by atoms with Gasteiger partial charge in [-0.1, -0.05) is 6.92 Å². The van der Waals surface area contributed by atoms with Crippen LogP contribution in [-0.4, -0.2) is 36.7 Å². The van der Waals surface area contributed by atoms with Crippen molar-refractivity contribution in [1.29, 1.82) is 0 Å². The van der Waals surface area contributed by atoms with E-state index in [-0.39, 0.29) is 12.5 Å². The minimum absolute atomic E-state index is 0.156. The van der Waals surface area contributed by atoms with Crippen LogP contribution < -0.4 is 5.32 Å². The SMILES string of the molecule is CCc1sc(C(=O)NCC2(C(=O)O)CCOCC2)cc1C. The van der Waals surface area contributed by atoms with E-state index in [9.17, 15) is 14.7 Å². The zero-order valence-electron chi connectivity index (χ0n) is 12.4. The molecule has 0 saturated carbocycles. The van der Waals surface area contributed by atoms with Crippen molar-refractivity contribution in [3.8, 4) is 0 Å². The first-order valence-corrected chi connectivity index (χ1v) is 7.99. The van der Waals surface area contributed by atoms with Gasteiger partial charge in [0.05, 0.1) is 10.3 Å². The Morgan fingerprint density at radius 3 is 2.62 bits per heavy atom. The van der Waals surface area contributed by atoms with Crippen molar-refractivity contribution < 1.29 is 19.4 Å². The van der Waals surface area contributed by atoms with E-state index in [4.69, 9.17) is 4.74 Å². The minimum atomic E-state index is -0.895. The summed E-state index contributed by atoms with van der Waals surface area (Å²) in [7, 11) is 0. The molecule has 0 unspecified atom stereocenters. The third kappa shape index (κ3) is 3.44. The molecule has 1 saturated heterocycles. The summed E-state index contributed by atoms with van der Waals surface area (Å²) in [5, 5.41) is 12.2. The van der Waals surface area contributed by atoms with Crippen LogP contribution in [0, 0.1) is 12.3 Å². The van der Waals surface area contributed by atoms with Gasteiger partial charge < -0.3 is 15.2 Å². The van der Waals surface area contributed by atoms with Gasteiger partial charge in [-0.3, -0.25) is 9.59 Å². The van der Waals surface area contributed by atoms with Gasteiger partial charge in [0, 0.05) is 24.6 Å². The number of carbonyl (C=O) groups excluding carboxylic acids is 1. The van der Waals surface area contributed by atoms with Crippen molar-refractivity contribution in [2.75, 3.05) is 19.8 Å². The van der Waals surface area contributed by atoms with E-state index in [1.807, 2.05) is 13.0 Å². The van der Waals surface area contributed by atoms with E-state index in [1.54, 1.807) is 0 Å². The third-order valence-corrected chi connectivity index (χ3v) is 5.44. The number of nitrogens with one attached hydrogen (secondary N) is 1. The minimum Gasteiger partial charge on any atom is -0.481 e. The fraction of sp³-hybridized carbons (Fsp3) is 0.600. The van der Waals surface area contributed by atoms with E-state index in [2.05, 4.69) is 12.2 Å². The highest BCUT2D eigenvalue weighted by atomic mass is 32.1. The Morgan fingerprint density at radius 1 is 1.43 bits per heavy atom. The third-order valence-electron chi connectivity index (χ3n) is 4.06. The van der Waals surface area contributed by atoms with Gasteiger partial charge in [-0.15, -0.1) is 11.3 Å². The van der Waals surface area contributed by atoms with Gasteiger partial charge in [-0.25, -0.2) is 0 Å². The predicted molar refractivity (Wildman–Crippen MR) is 80.9 cm³/mol. The Hall–Kier alpha value is -1.40. The van der Waals surface area contributed by atoms with Gasteiger partial charge in [0.2, 0.25) is 0 Å². The summed E-state index contributed by atoms with van der Waals surface area (Å²) < 4.78 is 5.23. The molecule has 2 rings (SSSR count). The second-order valence-electron chi connectivity index (χ2n) is 5.45. The van der Waals surface area contributed by atoms with Crippen LogP contribution in [0.3, 0.4) is 0 Å². The standard InChI is InChI=1S/C15H21NO4S/c1-3-11-10(2)8-12(21-11)13(17)16-9-15(14(18)19)4-6-20-7-5-15/h8H,3-7,9H2,1-2H3,(H,16,17)(H,18,19). The van der Waals surface area contributed by atoms with Crippen molar-refractivity contribution in [3.05, 3.63) is 21.4 Å². The van der Waals surface area contributed by atoms with E-state index < -0.39 is 11.4 Å². The van der Waals surface area contributed by atoms with Gasteiger partial charge >= 0.3 is 5.97 Å². The molecular formula is C15H21NO4S. The molecule has 2 heterocycles. The molecule has 0 bridgehead atoms. The van der Waals surface area contributed by atoms with Crippen LogP contribution in [0.5, 0.6) is 0 Å². The molecule has 0 radical (unpaired) electrons. The largest absolute Gasteiger partial charge is 0.481 e. The highest BCUT2D eigenvalue weighted by molar-refractivity contribution is 7.14. The molecule has 1 aliphatic rings. The molecular weight excluding hydrogens is 290 g/mol. The molecule has 1 aliphatic heterocycles. The Morgan fingerprint density at radius 2 is 2.10 bits per heavy atom. The first kappa shape index (κ1) is 16.0. The van der Waals surface area contributed by atoms with E-state index in [1.165, 1.54) is 16.2 Å². The van der Waals surface area contributed by atoms with Gasteiger partial charge in [-0.2, -0.15) is 0 Å². The van der Waals surface area contributed by atoms with Gasteiger partial charge in [-0.05, 0) is 37.8 Å². The normalized spacial score (nSPS) is 17.4. The highest BCUT2D eigenvalue weighted by Gasteiger charge is 2.40.